The smallest absolute Gasteiger partial charge is 0.871 e. The Morgan fingerprint density at radius 1 is 1.03 bits per heavy atom. The number of nitrogen functional groups attached to an aromatic ring is 1. The number of carbonyl (C=O) groups is 1. The number of benzene rings is 4. The van der Waals surface area contributed by atoms with Gasteiger partial charge >= 0.3 is 29.6 Å². The summed E-state index contributed by atoms with van der Waals surface area (Å²) in [4.78, 5) is 11.8. The van der Waals surface area contributed by atoms with Crippen LogP contribution < -0.4 is 50.5 Å². The molecule has 0 saturated heterocycles. The van der Waals surface area contributed by atoms with E-state index in [0.717, 1.165) is 11.6 Å². The van der Waals surface area contributed by atoms with Crippen LogP contribution in [-0.4, -0.2) is 26.0 Å². The van der Waals surface area contributed by atoms with E-state index in [1.807, 2.05) is 6.92 Å². The van der Waals surface area contributed by atoms with Crippen molar-refractivity contribution in [3.05, 3.63) is 77.9 Å². The van der Waals surface area contributed by atoms with Crippen molar-refractivity contribution in [2.45, 2.75) is 11.8 Å². The molecule has 4 N–H and O–H groups in total. The molecular formula is C25H21N4NaO6S. The molecule has 10 nitrogen and oxygen atoms in total. The average Bonchev–Trinajstić information content (AvgIpc) is 2.83. The number of hydrogen-bond acceptors (Lipinski definition) is 8. The molecule has 184 valence electrons. The van der Waals surface area contributed by atoms with Crippen molar-refractivity contribution >= 4 is 49.5 Å². The van der Waals surface area contributed by atoms with E-state index in [1.54, 1.807) is 42.5 Å². The topological polar surface area (TPSA) is 167 Å². The van der Waals surface area contributed by atoms with E-state index < -0.39 is 32.4 Å². The first-order valence-corrected chi connectivity index (χ1v) is 12.0. The number of aryl methyl sites for hydroxylation is 1. The molecule has 0 unspecified atom stereocenters. The first-order chi connectivity index (χ1) is 17.1. The number of amides is 1. The van der Waals surface area contributed by atoms with Crippen LogP contribution in [0.25, 0.3) is 10.8 Å². The van der Waals surface area contributed by atoms with E-state index in [4.69, 9.17) is 10.5 Å². The van der Waals surface area contributed by atoms with Crippen LogP contribution in [-0.2, 0) is 10.1 Å². The zero-order valence-corrected chi connectivity index (χ0v) is 23.0. The zero-order valence-electron chi connectivity index (χ0n) is 20.2. The molecular weight excluding hydrogens is 507 g/mol. The molecule has 0 aliphatic carbocycles. The maximum atomic E-state index is 13.2. The van der Waals surface area contributed by atoms with Crippen LogP contribution in [0.15, 0.2) is 81.9 Å². The van der Waals surface area contributed by atoms with Gasteiger partial charge in [-0.25, -0.2) is 0 Å². The number of hydrogen-bond donors (Lipinski definition) is 3. The minimum absolute atomic E-state index is 0. The van der Waals surface area contributed by atoms with Gasteiger partial charge in [0.2, 0.25) is 0 Å². The molecule has 0 spiro atoms. The largest absolute Gasteiger partial charge is 1.00 e. The summed E-state index contributed by atoms with van der Waals surface area (Å²) in [5.74, 6) is -0.816. The van der Waals surface area contributed by atoms with Gasteiger partial charge < -0.3 is 20.9 Å². The van der Waals surface area contributed by atoms with Gasteiger partial charge in [0, 0.05) is 16.9 Å². The van der Waals surface area contributed by atoms with Crippen LogP contribution in [0.5, 0.6) is 11.5 Å². The fraction of sp³-hybridized carbons (Fsp3) is 0.0800. The first-order valence-electron chi connectivity index (χ1n) is 10.6. The number of nitrogens with zero attached hydrogens (tertiary/aromatic N) is 2. The van der Waals surface area contributed by atoms with Crippen molar-refractivity contribution < 1.29 is 57.2 Å². The number of nitrogens with one attached hydrogen (secondary N) is 1. The maximum Gasteiger partial charge on any atom is 1.00 e. The summed E-state index contributed by atoms with van der Waals surface area (Å²) in [7, 11) is -3.41. The van der Waals surface area contributed by atoms with Gasteiger partial charge in [-0.15, -0.1) is 10.2 Å². The zero-order chi connectivity index (χ0) is 26.0. The van der Waals surface area contributed by atoms with Crippen LogP contribution in [0.1, 0.15) is 15.9 Å². The molecule has 0 aliphatic heterocycles. The monoisotopic (exact) mass is 528 g/mol. The van der Waals surface area contributed by atoms with E-state index in [2.05, 4.69) is 15.5 Å². The maximum absolute atomic E-state index is 13.2. The number of methoxy groups -OCH3 is 1. The molecule has 0 atom stereocenters. The second kappa shape index (κ2) is 11.3. The number of fused-ring (bicyclic) bond motifs is 1. The third kappa shape index (κ3) is 6.27. The van der Waals surface area contributed by atoms with Gasteiger partial charge in [-0.3, -0.25) is 9.35 Å². The minimum atomic E-state index is -4.84. The number of nitrogens with two attached hydrogens (primary N) is 1. The number of azo groups is 1. The molecule has 0 aliphatic rings. The Morgan fingerprint density at radius 2 is 1.73 bits per heavy atom. The molecule has 4 aromatic rings. The van der Waals surface area contributed by atoms with Crippen LogP contribution in [0, 0.1) is 6.92 Å². The number of carbonyl (C=O) groups excluding carboxylic acids is 1. The van der Waals surface area contributed by atoms with E-state index in [0.29, 0.717) is 22.7 Å². The third-order valence-corrected chi connectivity index (χ3v) is 6.20. The van der Waals surface area contributed by atoms with Gasteiger partial charge in [0.1, 0.15) is 16.3 Å². The van der Waals surface area contributed by atoms with Crippen LogP contribution in [0.4, 0.5) is 22.7 Å². The summed E-state index contributed by atoms with van der Waals surface area (Å²) in [6.45, 7) is 1.82. The fourth-order valence-electron chi connectivity index (χ4n) is 3.53. The molecule has 0 saturated carbocycles. The Labute approximate surface area is 235 Å². The standard InChI is InChI=1S/C25H22N4O6S.Na/c1-14-3-10-21(35-2)20(11-14)28-29-23-22(36(32,33)34)13-16-12-18(8-9-19(16)24(23)30)27-25(31)15-4-6-17(26)7-5-15;/h3-13,30H,26H2,1-2H3,(H,27,31)(H,32,33,34);/q;+1/p-1. The molecule has 4 aromatic carbocycles. The third-order valence-electron chi connectivity index (χ3n) is 5.33. The Bertz CT molecular complexity index is 1620. The second-order valence-corrected chi connectivity index (χ2v) is 9.30. The predicted molar refractivity (Wildman–Crippen MR) is 134 cm³/mol. The Hall–Kier alpha value is -3.48. The van der Waals surface area contributed by atoms with Crippen LogP contribution in [0.2, 0.25) is 0 Å². The normalized spacial score (nSPS) is 11.3. The molecule has 0 aromatic heterocycles. The molecule has 0 heterocycles. The number of rotatable bonds is 6. The van der Waals surface area contributed by atoms with Crippen molar-refractivity contribution in [1.82, 2.24) is 0 Å². The van der Waals surface area contributed by atoms with Crippen molar-refractivity contribution in [3.63, 3.8) is 0 Å². The van der Waals surface area contributed by atoms with E-state index in [-0.39, 0.29) is 46.0 Å². The SMILES string of the molecule is COc1ccc(C)cc1N=Nc1c(S(=O)(=O)O)cc2cc(NC(=O)c3ccc(N)cc3)ccc2c1[O-].[Na+]. The van der Waals surface area contributed by atoms with Gasteiger partial charge in [-0.1, -0.05) is 17.9 Å². The number of anilines is 2. The molecule has 12 heteroatoms. The number of ether oxygens (including phenoxy) is 1. The van der Waals surface area contributed by atoms with Crippen molar-refractivity contribution in [2.24, 2.45) is 10.2 Å². The summed E-state index contributed by atoms with van der Waals surface area (Å²) < 4.78 is 39.3. The van der Waals surface area contributed by atoms with E-state index in [9.17, 15) is 22.9 Å². The Morgan fingerprint density at radius 3 is 2.38 bits per heavy atom. The van der Waals surface area contributed by atoms with Gasteiger partial charge in [0.25, 0.3) is 16.0 Å². The molecule has 37 heavy (non-hydrogen) atoms. The van der Waals surface area contributed by atoms with Gasteiger partial charge in [0.15, 0.2) is 0 Å². The van der Waals surface area contributed by atoms with E-state index in [1.165, 1.54) is 25.3 Å². The Kier molecular flexibility index (Phi) is 8.57. The summed E-state index contributed by atoms with van der Waals surface area (Å²) in [6.07, 6.45) is 0. The average molecular weight is 529 g/mol. The minimum Gasteiger partial charge on any atom is -0.871 e. The van der Waals surface area contributed by atoms with Crippen molar-refractivity contribution in [3.8, 4) is 11.5 Å². The summed E-state index contributed by atoms with van der Waals surface area (Å²) in [5, 5.41) is 24.0. The molecule has 4 rings (SSSR count). The molecule has 0 radical (unpaired) electrons. The quantitative estimate of drug-likeness (QED) is 0.148. The molecule has 1 amide bonds. The molecule has 0 fully saturated rings. The van der Waals surface area contributed by atoms with Crippen LogP contribution >= 0.6 is 0 Å². The van der Waals surface area contributed by atoms with Crippen molar-refractivity contribution in [1.29, 1.82) is 0 Å². The van der Waals surface area contributed by atoms with Gasteiger partial charge in [-0.05, 0) is 77.9 Å². The predicted octanol–water partition coefficient (Wildman–Crippen LogP) is 1.73. The molecule has 0 bridgehead atoms. The summed E-state index contributed by atoms with van der Waals surface area (Å²) in [5.41, 5.74) is 7.38. The van der Waals surface area contributed by atoms with Gasteiger partial charge in [0.05, 0.1) is 12.8 Å². The van der Waals surface area contributed by atoms with E-state index >= 15 is 0 Å². The van der Waals surface area contributed by atoms with Gasteiger partial charge in [-0.2, -0.15) is 8.42 Å². The first kappa shape index (κ1) is 28.1. The van der Waals surface area contributed by atoms with Crippen molar-refractivity contribution in [2.75, 3.05) is 18.2 Å². The fourth-order valence-corrected chi connectivity index (χ4v) is 4.18. The Balaban J connectivity index is 0.00000380. The summed E-state index contributed by atoms with van der Waals surface area (Å²) in [6, 6.07) is 16.8. The second-order valence-electron chi connectivity index (χ2n) is 7.91. The van der Waals surface area contributed by atoms with Crippen LogP contribution in [0.3, 0.4) is 0 Å². The summed E-state index contributed by atoms with van der Waals surface area (Å²) >= 11 is 0.